The largest absolute Gasteiger partial charge is 0.370 e. The summed E-state index contributed by atoms with van der Waals surface area (Å²) in [6, 6.07) is 8.03. The molecule has 0 unspecified atom stereocenters. The number of rotatable bonds is 1. The Kier molecular flexibility index (Phi) is 2.22. The van der Waals surface area contributed by atoms with Crippen LogP contribution in [0.1, 0.15) is 11.7 Å². The summed E-state index contributed by atoms with van der Waals surface area (Å²) in [5, 5.41) is 7.46. The molecule has 17 heavy (non-hydrogen) atoms. The van der Waals surface area contributed by atoms with Gasteiger partial charge in [-0.15, -0.1) is 0 Å². The van der Waals surface area contributed by atoms with Crippen LogP contribution in [0.2, 0.25) is 0 Å². The number of aromatic nitrogens is 1. The van der Waals surface area contributed by atoms with Gasteiger partial charge in [-0.25, -0.2) is 4.99 Å². The summed E-state index contributed by atoms with van der Waals surface area (Å²) in [6.45, 7) is 0. The molecule has 2 aromatic rings. The fourth-order valence-electron chi connectivity index (χ4n) is 1.98. The predicted octanol–water partition coefficient (Wildman–Crippen LogP) is 0.959. The van der Waals surface area contributed by atoms with Crippen LogP contribution in [-0.4, -0.2) is 16.1 Å². The molecule has 2 heterocycles. The molecule has 0 saturated heterocycles. The number of thiocarbonyl (C=S) groups is 1. The molecule has 1 aliphatic heterocycles. The topological polar surface area (TPSA) is 78.2 Å². The molecule has 6 heteroatoms. The van der Waals surface area contributed by atoms with Gasteiger partial charge in [-0.3, -0.25) is 0 Å². The van der Waals surface area contributed by atoms with E-state index >= 15 is 0 Å². The molecule has 1 aromatic carbocycles. The molecular weight excluding hydrogens is 234 g/mol. The van der Waals surface area contributed by atoms with Crippen molar-refractivity contribution in [1.29, 1.82) is 0 Å². The summed E-state index contributed by atoms with van der Waals surface area (Å²) in [6.07, 6.45) is 1.67. The lowest BCUT2D eigenvalue weighted by Gasteiger charge is -2.23. The highest BCUT2D eigenvalue weighted by atomic mass is 32.1. The van der Waals surface area contributed by atoms with Crippen LogP contribution in [0.25, 0.3) is 10.9 Å². The molecule has 0 fully saturated rings. The normalized spacial score (nSPS) is 19.6. The molecule has 86 valence electrons. The summed E-state index contributed by atoms with van der Waals surface area (Å²) in [5.41, 5.74) is 7.80. The highest BCUT2D eigenvalue weighted by Crippen LogP contribution is 2.25. The van der Waals surface area contributed by atoms with Crippen LogP contribution in [0.15, 0.2) is 35.5 Å². The minimum absolute atomic E-state index is 0.233. The number of nitrogens with zero attached hydrogens (tertiary/aromatic N) is 1. The van der Waals surface area contributed by atoms with Crippen molar-refractivity contribution in [3.8, 4) is 0 Å². The van der Waals surface area contributed by atoms with Crippen molar-refractivity contribution in [3.05, 3.63) is 36.0 Å². The molecular formula is C11H11N5S. The predicted molar refractivity (Wildman–Crippen MR) is 71.5 cm³/mol. The third kappa shape index (κ3) is 1.72. The van der Waals surface area contributed by atoms with E-state index < -0.39 is 0 Å². The first-order chi connectivity index (χ1) is 8.24. The van der Waals surface area contributed by atoms with Gasteiger partial charge in [-0.2, -0.15) is 0 Å². The molecule has 3 rings (SSSR count). The molecule has 0 amide bonds. The number of guanidine groups is 1. The number of benzene rings is 1. The van der Waals surface area contributed by atoms with E-state index in [-0.39, 0.29) is 6.17 Å². The molecule has 5 nitrogen and oxygen atoms in total. The minimum Gasteiger partial charge on any atom is -0.370 e. The molecule has 1 aromatic heterocycles. The highest BCUT2D eigenvalue weighted by molar-refractivity contribution is 7.80. The average molecular weight is 245 g/mol. The molecule has 0 radical (unpaired) electrons. The Balaban J connectivity index is 2.12. The summed E-state index contributed by atoms with van der Waals surface area (Å²) in [7, 11) is 0. The van der Waals surface area contributed by atoms with Crippen LogP contribution < -0.4 is 16.4 Å². The zero-order valence-corrected chi connectivity index (χ0v) is 9.71. The zero-order valence-electron chi connectivity index (χ0n) is 8.90. The first-order valence-electron chi connectivity index (χ1n) is 5.21. The van der Waals surface area contributed by atoms with Crippen LogP contribution >= 0.6 is 12.2 Å². The van der Waals surface area contributed by atoms with Crippen molar-refractivity contribution in [1.82, 2.24) is 15.6 Å². The van der Waals surface area contributed by atoms with Crippen molar-refractivity contribution in [2.24, 2.45) is 10.7 Å². The molecule has 1 atom stereocenters. The number of aliphatic imine (C=N–C) groups is 1. The monoisotopic (exact) mass is 245 g/mol. The number of nitrogens with one attached hydrogen (secondary N) is 3. The lowest BCUT2D eigenvalue weighted by atomic mass is 10.1. The maximum absolute atomic E-state index is 5.68. The summed E-state index contributed by atoms with van der Waals surface area (Å²) in [5.74, 6) is 0.339. The van der Waals surface area contributed by atoms with Crippen molar-refractivity contribution in [2.45, 2.75) is 6.17 Å². The number of hydrogen-bond acceptors (Lipinski definition) is 3. The number of fused-ring (bicyclic) bond motifs is 1. The highest BCUT2D eigenvalue weighted by Gasteiger charge is 2.19. The molecule has 0 spiro atoms. The van der Waals surface area contributed by atoms with E-state index in [0.717, 1.165) is 16.5 Å². The van der Waals surface area contributed by atoms with E-state index in [1.807, 2.05) is 30.5 Å². The SMILES string of the molecule is NC1=N[C@H](c2cccc3[nH]ccc23)NC(=S)N1. The maximum Gasteiger partial charge on any atom is 0.197 e. The Hall–Kier alpha value is -2.08. The maximum atomic E-state index is 5.68. The van der Waals surface area contributed by atoms with Gasteiger partial charge in [0, 0.05) is 22.7 Å². The van der Waals surface area contributed by atoms with Gasteiger partial charge < -0.3 is 21.4 Å². The minimum atomic E-state index is -0.233. The van der Waals surface area contributed by atoms with Gasteiger partial charge in [-0.05, 0) is 24.4 Å². The van der Waals surface area contributed by atoms with Crippen molar-refractivity contribution in [3.63, 3.8) is 0 Å². The first-order valence-corrected chi connectivity index (χ1v) is 5.61. The van der Waals surface area contributed by atoms with Crippen LogP contribution in [0.4, 0.5) is 0 Å². The average Bonchev–Trinajstić information content (AvgIpc) is 2.75. The van der Waals surface area contributed by atoms with E-state index in [2.05, 4.69) is 20.6 Å². The third-order valence-electron chi connectivity index (χ3n) is 2.70. The van der Waals surface area contributed by atoms with E-state index in [4.69, 9.17) is 18.0 Å². The summed E-state index contributed by atoms with van der Waals surface area (Å²) < 4.78 is 0. The van der Waals surface area contributed by atoms with Crippen LogP contribution in [0.5, 0.6) is 0 Å². The number of aromatic amines is 1. The smallest absolute Gasteiger partial charge is 0.197 e. The van der Waals surface area contributed by atoms with Gasteiger partial charge in [0.2, 0.25) is 0 Å². The van der Waals surface area contributed by atoms with Gasteiger partial charge in [0.1, 0.15) is 0 Å². The fraction of sp³-hybridized carbons (Fsp3) is 0.0909. The van der Waals surface area contributed by atoms with Crippen molar-refractivity contribution < 1.29 is 0 Å². The lowest BCUT2D eigenvalue weighted by Crippen LogP contribution is -2.49. The first kappa shape index (κ1) is 10.1. The third-order valence-corrected chi connectivity index (χ3v) is 2.92. The second kappa shape index (κ2) is 3.74. The Morgan fingerprint density at radius 2 is 2.18 bits per heavy atom. The number of hydrogen-bond donors (Lipinski definition) is 4. The van der Waals surface area contributed by atoms with E-state index in [1.165, 1.54) is 0 Å². The summed E-state index contributed by atoms with van der Waals surface area (Å²) >= 11 is 5.07. The van der Waals surface area contributed by atoms with E-state index in [9.17, 15) is 0 Å². The van der Waals surface area contributed by atoms with Gasteiger partial charge in [0.25, 0.3) is 0 Å². The molecule has 5 N–H and O–H groups in total. The van der Waals surface area contributed by atoms with Gasteiger partial charge in [-0.1, -0.05) is 12.1 Å². The van der Waals surface area contributed by atoms with Crippen LogP contribution in [0, 0.1) is 0 Å². The van der Waals surface area contributed by atoms with Crippen LogP contribution in [-0.2, 0) is 0 Å². The molecule has 1 aliphatic rings. The zero-order chi connectivity index (χ0) is 11.8. The van der Waals surface area contributed by atoms with Gasteiger partial charge in [0.05, 0.1) is 0 Å². The Morgan fingerprint density at radius 3 is 3.00 bits per heavy atom. The molecule has 0 saturated carbocycles. The molecule has 0 bridgehead atoms. The number of nitrogens with two attached hydrogens (primary N) is 1. The van der Waals surface area contributed by atoms with Crippen molar-refractivity contribution in [2.75, 3.05) is 0 Å². The fourth-order valence-corrected chi connectivity index (χ4v) is 2.19. The summed E-state index contributed by atoms with van der Waals surface area (Å²) in [4.78, 5) is 7.47. The van der Waals surface area contributed by atoms with Crippen molar-refractivity contribution >= 4 is 34.2 Å². The Labute approximate surface area is 103 Å². The van der Waals surface area contributed by atoms with E-state index in [1.54, 1.807) is 0 Å². The Bertz CT molecular complexity index is 615. The number of H-pyrrole nitrogens is 1. The molecule has 0 aliphatic carbocycles. The van der Waals surface area contributed by atoms with Gasteiger partial charge >= 0.3 is 0 Å². The second-order valence-corrected chi connectivity index (χ2v) is 4.21. The standard InChI is InChI=1S/C11H11N5S/c12-10-14-9(15-11(17)16-10)7-2-1-3-8-6(7)4-5-13-8/h1-5,9,13H,(H4,12,14,15,16,17)/t9-/m0/s1. The van der Waals surface area contributed by atoms with Gasteiger partial charge in [0.15, 0.2) is 17.2 Å². The quantitative estimate of drug-likeness (QED) is 0.564. The Morgan fingerprint density at radius 1 is 1.29 bits per heavy atom. The lowest BCUT2D eigenvalue weighted by molar-refractivity contribution is 0.665. The van der Waals surface area contributed by atoms with Crippen LogP contribution in [0.3, 0.4) is 0 Å². The van der Waals surface area contributed by atoms with E-state index in [0.29, 0.717) is 11.1 Å². The second-order valence-electron chi connectivity index (χ2n) is 3.80.